The van der Waals surface area contributed by atoms with Crippen molar-refractivity contribution in [1.82, 2.24) is 9.97 Å². The average Bonchev–Trinajstić information content (AvgIpc) is 2.61. The molecule has 3 rings (SSSR count). The van der Waals surface area contributed by atoms with Gasteiger partial charge in [-0.15, -0.1) is 0 Å². The van der Waals surface area contributed by atoms with Crippen LogP contribution in [-0.2, 0) is 9.53 Å². The number of amides is 1. The van der Waals surface area contributed by atoms with Gasteiger partial charge in [0.1, 0.15) is 0 Å². The third-order valence-corrected chi connectivity index (χ3v) is 5.38. The molecule has 1 saturated carbocycles. The van der Waals surface area contributed by atoms with Gasteiger partial charge in [0.05, 0.1) is 11.0 Å². The van der Waals surface area contributed by atoms with Crippen LogP contribution in [0, 0.1) is 16.0 Å². The Labute approximate surface area is 162 Å². The van der Waals surface area contributed by atoms with Crippen molar-refractivity contribution in [2.24, 2.45) is 11.7 Å². The number of ether oxygens (including phenoxy) is 1. The summed E-state index contributed by atoms with van der Waals surface area (Å²) in [5.41, 5.74) is 10.9. The number of nitro groups is 1. The number of nitrogens with two attached hydrogens (primary N) is 2. The van der Waals surface area contributed by atoms with Crippen molar-refractivity contribution in [3.8, 4) is 0 Å². The van der Waals surface area contributed by atoms with Crippen LogP contribution in [0.1, 0.15) is 45.4 Å². The van der Waals surface area contributed by atoms with E-state index < -0.39 is 4.92 Å². The van der Waals surface area contributed by atoms with E-state index >= 15 is 0 Å². The first-order chi connectivity index (χ1) is 13.3. The summed E-state index contributed by atoms with van der Waals surface area (Å²) < 4.78 is 5.53. The summed E-state index contributed by atoms with van der Waals surface area (Å²) in [5.74, 6) is -0.266. The van der Waals surface area contributed by atoms with E-state index in [0.29, 0.717) is 32.3 Å². The number of nitrogens with zero attached hydrogens (tertiary/aromatic N) is 3. The van der Waals surface area contributed by atoms with Crippen LogP contribution in [0.3, 0.4) is 0 Å². The molecule has 1 aromatic rings. The number of nitrogen functional groups attached to an aromatic ring is 1. The molecule has 28 heavy (non-hydrogen) atoms. The first-order valence-electron chi connectivity index (χ1n) is 9.59. The van der Waals surface area contributed by atoms with Gasteiger partial charge in [0, 0.05) is 24.6 Å². The maximum Gasteiger partial charge on any atom is 0.353 e. The lowest BCUT2D eigenvalue weighted by Crippen LogP contribution is -2.34. The second-order valence-electron chi connectivity index (χ2n) is 7.53. The van der Waals surface area contributed by atoms with E-state index in [2.05, 4.69) is 20.6 Å². The van der Waals surface area contributed by atoms with Gasteiger partial charge in [0.25, 0.3) is 0 Å². The van der Waals surface area contributed by atoms with Gasteiger partial charge in [-0.25, -0.2) is 0 Å². The molecule has 1 aliphatic carbocycles. The molecule has 0 radical (unpaired) electrons. The number of carbonyl (C=O) groups excluding carboxylic acids is 1. The van der Waals surface area contributed by atoms with Gasteiger partial charge >= 0.3 is 5.69 Å². The van der Waals surface area contributed by atoms with Crippen LogP contribution in [0.5, 0.6) is 0 Å². The topological polar surface area (TPSA) is 171 Å². The zero-order valence-corrected chi connectivity index (χ0v) is 15.9. The fraction of sp³-hybridized carbons (Fsp3) is 0.706. The Morgan fingerprint density at radius 1 is 1.18 bits per heavy atom. The van der Waals surface area contributed by atoms with Gasteiger partial charge < -0.3 is 26.8 Å². The minimum atomic E-state index is -0.576. The fourth-order valence-electron chi connectivity index (χ4n) is 3.84. The van der Waals surface area contributed by atoms with Crippen molar-refractivity contribution in [3.63, 3.8) is 0 Å². The number of primary amides is 1. The molecule has 154 valence electrons. The molecule has 1 aliphatic heterocycles. The van der Waals surface area contributed by atoms with Crippen molar-refractivity contribution in [3.05, 3.63) is 10.1 Å². The molecule has 0 aromatic carbocycles. The smallest absolute Gasteiger partial charge is 0.353 e. The monoisotopic (exact) mass is 393 g/mol. The Balaban J connectivity index is 1.75. The van der Waals surface area contributed by atoms with Crippen molar-refractivity contribution < 1.29 is 14.5 Å². The number of hydrogen-bond donors (Lipinski definition) is 4. The van der Waals surface area contributed by atoms with Gasteiger partial charge in [0.2, 0.25) is 23.5 Å². The van der Waals surface area contributed by atoms with Crippen molar-refractivity contribution in [2.45, 2.75) is 63.6 Å². The van der Waals surface area contributed by atoms with E-state index in [1.165, 1.54) is 0 Å². The van der Waals surface area contributed by atoms with Crippen LogP contribution >= 0.6 is 0 Å². The molecule has 11 heteroatoms. The lowest BCUT2D eigenvalue weighted by atomic mass is 9.85. The quantitative estimate of drug-likeness (QED) is 0.412. The van der Waals surface area contributed by atoms with E-state index in [0.717, 1.165) is 12.8 Å². The molecule has 0 bridgehead atoms. The Kier molecular flexibility index (Phi) is 6.12. The highest BCUT2D eigenvalue weighted by atomic mass is 16.6. The first-order valence-corrected chi connectivity index (χ1v) is 9.59. The van der Waals surface area contributed by atoms with Gasteiger partial charge in [0.15, 0.2) is 0 Å². The van der Waals surface area contributed by atoms with Crippen LogP contribution in [-0.4, -0.2) is 45.6 Å². The fourth-order valence-corrected chi connectivity index (χ4v) is 3.84. The molecule has 1 amide bonds. The molecule has 1 saturated heterocycles. The third kappa shape index (κ3) is 4.77. The van der Waals surface area contributed by atoms with E-state index in [9.17, 15) is 14.9 Å². The number of carbonyl (C=O) groups is 1. The Morgan fingerprint density at radius 3 is 2.50 bits per heavy atom. The van der Waals surface area contributed by atoms with Gasteiger partial charge in [-0.1, -0.05) is 0 Å². The minimum Gasteiger partial charge on any atom is -0.378 e. The van der Waals surface area contributed by atoms with Gasteiger partial charge in [-0.2, -0.15) is 9.97 Å². The molecule has 0 unspecified atom stereocenters. The largest absolute Gasteiger partial charge is 0.378 e. The van der Waals surface area contributed by atoms with Crippen molar-refractivity contribution in [2.75, 3.05) is 23.0 Å². The van der Waals surface area contributed by atoms with Crippen LogP contribution in [0.4, 0.5) is 23.3 Å². The number of rotatable bonds is 6. The predicted molar refractivity (Wildman–Crippen MR) is 104 cm³/mol. The maximum absolute atomic E-state index is 11.5. The molecule has 1 aromatic heterocycles. The van der Waals surface area contributed by atoms with Crippen molar-refractivity contribution >= 4 is 29.2 Å². The minimum absolute atomic E-state index is 0.0421. The summed E-state index contributed by atoms with van der Waals surface area (Å²) in [5, 5.41) is 17.8. The molecule has 0 spiro atoms. The SMILES string of the molecule is C[C@H]1C[C@@H](Nc2nc(N)c([N+](=O)[O-])c(NC3CCC(C(N)=O)CC3)n2)CCO1. The van der Waals surface area contributed by atoms with Crippen LogP contribution in [0.25, 0.3) is 0 Å². The molecule has 2 atom stereocenters. The van der Waals surface area contributed by atoms with Crippen molar-refractivity contribution in [1.29, 1.82) is 0 Å². The second kappa shape index (κ2) is 8.55. The molecule has 11 nitrogen and oxygen atoms in total. The lowest BCUT2D eigenvalue weighted by Gasteiger charge is -2.29. The average molecular weight is 393 g/mol. The summed E-state index contributed by atoms with van der Waals surface area (Å²) in [7, 11) is 0. The summed E-state index contributed by atoms with van der Waals surface area (Å²) in [4.78, 5) is 30.6. The van der Waals surface area contributed by atoms with Gasteiger partial charge in [-0.05, 0) is 45.4 Å². The molecular formula is C17H27N7O4. The lowest BCUT2D eigenvalue weighted by molar-refractivity contribution is -0.383. The van der Waals surface area contributed by atoms with Crippen LogP contribution in [0.15, 0.2) is 0 Å². The highest BCUT2D eigenvalue weighted by molar-refractivity contribution is 5.76. The molecule has 6 N–H and O–H groups in total. The summed E-state index contributed by atoms with van der Waals surface area (Å²) in [6, 6.07) is 0.0722. The third-order valence-electron chi connectivity index (χ3n) is 5.38. The molecule has 2 fully saturated rings. The summed E-state index contributed by atoms with van der Waals surface area (Å²) in [6.45, 7) is 2.63. The van der Waals surface area contributed by atoms with E-state index in [1.54, 1.807) is 0 Å². The number of nitrogens with one attached hydrogen (secondary N) is 2. The molecule has 2 heterocycles. The van der Waals surface area contributed by atoms with Crippen LogP contribution in [0.2, 0.25) is 0 Å². The van der Waals surface area contributed by atoms with E-state index in [1.807, 2.05) is 6.92 Å². The molecule has 2 aliphatic rings. The number of aromatic nitrogens is 2. The second-order valence-corrected chi connectivity index (χ2v) is 7.53. The Bertz CT molecular complexity index is 736. The zero-order valence-electron chi connectivity index (χ0n) is 15.9. The summed E-state index contributed by atoms with van der Waals surface area (Å²) >= 11 is 0. The van der Waals surface area contributed by atoms with E-state index in [4.69, 9.17) is 16.2 Å². The molecular weight excluding hydrogens is 366 g/mol. The highest BCUT2D eigenvalue weighted by Crippen LogP contribution is 2.33. The zero-order chi connectivity index (χ0) is 20.3. The standard InChI is InChI=1S/C17H27N7O4/c1-9-8-12(6-7-28-9)21-17-22-14(18)13(24(26)27)16(23-17)20-11-4-2-10(3-5-11)15(19)25/h9-12H,2-8H2,1H3,(H2,19,25)(H4,18,20,21,22,23)/t9-,10?,11?,12-/m0/s1. The summed E-state index contributed by atoms with van der Waals surface area (Å²) in [6.07, 6.45) is 4.35. The predicted octanol–water partition coefficient (Wildman–Crippen LogP) is 1.40. The first kappa shape index (κ1) is 20.1. The Hall–Kier alpha value is -2.69. The Morgan fingerprint density at radius 2 is 1.89 bits per heavy atom. The maximum atomic E-state index is 11.5. The van der Waals surface area contributed by atoms with Gasteiger partial charge in [-0.3, -0.25) is 14.9 Å². The normalized spacial score (nSPS) is 27.8. The van der Waals surface area contributed by atoms with E-state index in [-0.39, 0.29) is 53.3 Å². The highest BCUT2D eigenvalue weighted by Gasteiger charge is 2.29. The number of hydrogen-bond acceptors (Lipinski definition) is 9. The number of anilines is 3. The van der Waals surface area contributed by atoms with Crippen LogP contribution < -0.4 is 22.1 Å².